The second-order valence-electron chi connectivity index (χ2n) is 12.7. The molecule has 0 bridgehead atoms. The Balaban J connectivity index is 1.74. The number of carbonyl (C=O) groups excluding carboxylic acids is 2. The average Bonchev–Trinajstić information content (AvgIpc) is 3.50. The Morgan fingerprint density at radius 2 is 1.80 bits per heavy atom. The fraction of sp³-hybridized carbons (Fsp3) is 0.432. The number of esters is 1. The van der Waals surface area contributed by atoms with Crippen LogP contribution in [0.25, 0.3) is 10.4 Å². The number of amides is 1. The van der Waals surface area contributed by atoms with Gasteiger partial charge in [-0.1, -0.05) is 35.4 Å². The van der Waals surface area contributed by atoms with Crippen molar-refractivity contribution in [3.8, 4) is 17.2 Å². The fourth-order valence-corrected chi connectivity index (χ4v) is 5.58. The standard InChI is InChI=1S/C37H45N5O8/c1-36(2,3)50-32(44)17-19-37(35(45)39-20-18-25-11-16-30(46-4)31(23-25)47-5)33(29-10-7-6-9-27(29)24-40-42-38)49-34(41-37)26-12-14-28(15-13-26)48-22-8-21-43/h6-7,9-16,23,33,43H,8,17-22,24H2,1-5H3,(H,39,45)/t33-,37-/m1/s1. The number of methoxy groups -OCH3 is 2. The van der Waals surface area contributed by atoms with Gasteiger partial charge in [0.2, 0.25) is 5.90 Å². The zero-order valence-corrected chi connectivity index (χ0v) is 29.2. The van der Waals surface area contributed by atoms with E-state index < -0.39 is 29.1 Å². The third-order valence-corrected chi connectivity index (χ3v) is 7.95. The Morgan fingerprint density at radius 1 is 1.06 bits per heavy atom. The highest BCUT2D eigenvalue weighted by atomic mass is 16.6. The summed E-state index contributed by atoms with van der Waals surface area (Å²) < 4.78 is 28.7. The van der Waals surface area contributed by atoms with Gasteiger partial charge in [0.1, 0.15) is 11.4 Å². The highest BCUT2D eigenvalue weighted by molar-refractivity contribution is 6.01. The third-order valence-electron chi connectivity index (χ3n) is 7.95. The molecule has 1 aliphatic rings. The molecular weight excluding hydrogens is 642 g/mol. The van der Waals surface area contributed by atoms with Crippen LogP contribution in [0.5, 0.6) is 17.2 Å². The summed E-state index contributed by atoms with van der Waals surface area (Å²) in [7, 11) is 3.13. The minimum absolute atomic E-state index is 0.0187. The topological polar surface area (TPSA) is 174 Å². The predicted octanol–water partition coefficient (Wildman–Crippen LogP) is 6.01. The van der Waals surface area contributed by atoms with Gasteiger partial charge in [0.15, 0.2) is 23.1 Å². The van der Waals surface area contributed by atoms with Crippen molar-refractivity contribution in [1.82, 2.24) is 5.32 Å². The van der Waals surface area contributed by atoms with Crippen LogP contribution in [0.15, 0.2) is 76.8 Å². The molecule has 0 unspecified atom stereocenters. The molecule has 1 amide bonds. The van der Waals surface area contributed by atoms with Gasteiger partial charge in [-0.15, -0.1) is 0 Å². The van der Waals surface area contributed by atoms with Gasteiger partial charge in [-0.2, -0.15) is 0 Å². The van der Waals surface area contributed by atoms with Crippen molar-refractivity contribution in [3.05, 3.63) is 99.4 Å². The lowest BCUT2D eigenvalue weighted by molar-refractivity contribution is -0.155. The van der Waals surface area contributed by atoms with Crippen LogP contribution in [0.3, 0.4) is 0 Å². The van der Waals surface area contributed by atoms with Gasteiger partial charge in [-0.25, -0.2) is 4.99 Å². The van der Waals surface area contributed by atoms with Crippen molar-refractivity contribution in [3.63, 3.8) is 0 Å². The Morgan fingerprint density at radius 3 is 2.48 bits per heavy atom. The second kappa shape index (κ2) is 17.4. The molecule has 1 aliphatic heterocycles. The van der Waals surface area contributed by atoms with Crippen LogP contribution in [0, 0.1) is 0 Å². The largest absolute Gasteiger partial charge is 0.494 e. The average molecular weight is 688 g/mol. The quantitative estimate of drug-likeness (QED) is 0.0570. The molecule has 0 saturated carbocycles. The van der Waals surface area contributed by atoms with Crippen LogP contribution in [0.2, 0.25) is 0 Å². The lowest BCUT2D eigenvalue weighted by atomic mass is 9.81. The van der Waals surface area contributed by atoms with Gasteiger partial charge >= 0.3 is 5.97 Å². The minimum Gasteiger partial charge on any atom is -0.494 e. The summed E-state index contributed by atoms with van der Waals surface area (Å²) in [4.78, 5) is 35.5. The highest BCUT2D eigenvalue weighted by Crippen LogP contribution is 2.44. The first-order chi connectivity index (χ1) is 24.0. The van der Waals surface area contributed by atoms with Crippen molar-refractivity contribution in [1.29, 1.82) is 0 Å². The van der Waals surface area contributed by atoms with Crippen LogP contribution in [-0.4, -0.2) is 68.0 Å². The molecule has 0 aliphatic carbocycles. The van der Waals surface area contributed by atoms with E-state index in [1.165, 1.54) is 0 Å². The van der Waals surface area contributed by atoms with Crippen LogP contribution in [0.1, 0.15) is 68.4 Å². The number of benzene rings is 3. The maximum atomic E-state index is 14.5. The number of aliphatic imine (C=N–C) groups is 1. The highest BCUT2D eigenvalue weighted by Gasteiger charge is 2.53. The van der Waals surface area contributed by atoms with E-state index in [0.717, 1.165) is 5.56 Å². The number of ether oxygens (including phenoxy) is 5. The number of carbonyl (C=O) groups is 2. The molecule has 266 valence electrons. The van der Waals surface area contributed by atoms with E-state index in [9.17, 15) is 9.59 Å². The van der Waals surface area contributed by atoms with Crippen LogP contribution >= 0.6 is 0 Å². The van der Waals surface area contributed by atoms with Gasteiger partial charge in [0, 0.05) is 36.5 Å². The first kappa shape index (κ1) is 37.6. The lowest BCUT2D eigenvalue weighted by Gasteiger charge is -2.32. The van der Waals surface area contributed by atoms with Crippen molar-refractivity contribution in [2.45, 2.75) is 70.2 Å². The Labute approximate surface area is 292 Å². The Kier molecular flexibility index (Phi) is 13.1. The van der Waals surface area contributed by atoms with Gasteiger partial charge in [0.25, 0.3) is 5.91 Å². The van der Waals surface area contributed by atoms with Gasteiger partial charge < -0.3 is 34.1 Å². The molecule has 0 spiro atoms. The molecule has 2 atom stereocenters. The fourth-order valence-electron chi connectivity index (χ4n) is 5.58. The molecule has 2 N–H and O–H groups in total. The Hall–Kier alpha value is -5.26. The van der Waals surface area contributed by atoms with E-state index in [-0.39, 0.29) is 38.4 Å². The second-order valence-corrected chi connectivity index (χ2v) is 12.7. The molecule has 0 aromatic heterocycles. The molecule has 3 aromatic carbocycles. The van der Waals surface area contributed by atoms with Crippen molar-refractivity contribution in [2.24, 2.45) is 10.1 Å². The molecule has 0 radical (unpaired) electrons. The van der Waals surface area contributed by atoms with E-state index in [2.05, 4.69) is 15.3 Å². The van der Waals surface area contributed by atoms with E-state index >= 15 is 0 Å². The molecule has 13 heteroatoms. The van der Waals surface area contributed by atoms with Crippen LogP contribution in [-0.2, 0) is 32.0 Å². The third kappa shape index (κ3) is 9.67. The van der Waals surface area contributed by atoms with E-state index in [1.807, 2.05) is 30.3 Å². The molecule has 1 heterocycles. The van der Waals surface area contributed by atoms with Crippen molar-refractivity contribution >= 4 is 17.8 Å². The van der Waals surface area contributed by atoms with Crippen molar-refractivity contribution in [2.75, 3.05) is 34.0 Å². The van der Waals surface area contributed by atoms with Gasteiger partial charge in [-0.3, -0.25) is 9.59 Å². The van der Waals surface area contributed by atoms with Crippen molar-refractivity contribution < 1.29 is 38.4 Å². The molecule has 4 rings (SSSR count). The van der Waals surface area contributed by atoms with Gasteiger partial charge in [-0.05, 0) is 92.2 Å². The summed E-state index contributed by atoms with van der Waals surface area (Å²) in [6.45, 7) is 5.99. The number of aliphatic hydroxyl groups excluding tert-OH is 1. The smallest absolute Gasteiger partial charge is 0.306 e. The first-order valence-electron chi connectivity index (χ1n) is 16.4. The number of nitrogens with one attached hydrogen (secondary N) is 1. The van der Waals surface area contributed by atoms with E-state index in [0.29, 0.717) is 53.4 Å². The van der Waals surface area contributed by atoms with Crippen LogP contribution < -0.4 is 19.5 Å². The van der Waals surface area contributed by atoms with Crippen LogP contribution in [0.4, 0.5) is 0 Å². The monoisotopic (exact) mass is 687 g/mol. The molecule has 50 heavy (non-hydrogen) atoms. The summed E-state index contributed by atoms with van der Waals surface area (Å²) >= 11 is 0. The van der Waals surface area contributed by atoms with E-state index in [4.69, 9.17) is 39.3 Å². The summed E-state index contributed by atoms with van der Waals surface area (Å²) in [5.74, 6) is 1.05. The summed E-state index contributed by atoms with van der Waals surface area (Å²) in [6, 6.07) is 19.8. The molecule has 0 fully saturated rings. The zero-order valence-electron chi connectivity index (χ0n) is 29.2. The SMILES string of the molecule is COc1ccc(CCNC(=O)[C@]2(CCC(=O)OC(C)(C)C)N=C(c3ccc(OCCCO)cc3)O[C@@H]2c2ccccc2CN=[N+]=[N-])cc1OC. The number of nitrogens with zero attached hydrogens (tertiary/aromatic N) is 4. The number of hydrogen-bond acceptors (Lipinski definition) is 10. The maximum absolute atomic E-state index is 14.5. The molecular formula is C37H45N5O8. The van der Waals surface area contributed by atoms with Gasteiger partial charge in [0.05, 0.1) is 27.4 Å². The lowest BCUT2D eigenvalue weighted by Crippen LogP contribution is -2.49. The molecule has 3 aromatic rings. The normalized spacial score (nSPS) is 16.8. The zero-order chi connectivity index (χ0) is 36.1. The molecule has 0 saturated heterocycles. The first-order valence-corrected chi connectivity index (χ1v) is 16.4. The number of rotatable bonds is 17. The summed E-state index contributed by atoms with van der Waals surface area (Å²) in [5.41, 5.74) is 9.52. The van der Waals surface area contributed by atoms with E-state index in [1.54, 1.807) is 71.4 Å². The maximum Gasteiger partial charge on any atom is 0.306 e. The number of hydrogen-bond donors (Lipinski definition) is 2. The summed E-state index contributed by atoms with van der Waals surface area (Å²) in [5, 5.41) is 15.9. The number of aliphatic hydroxyl groups is 1. The molecule has 13 nitrogen and oxygen atoms in total. The number of azide groups is 1. The summed E-state index contributed by atoms with van der Waals surface area (Å²) in [6.07, 6.45) is -0.160. The minimum atomic E-state index is -1.60. The predicted molar refractivity (Wildman–Crippen MR) is 187 cm³/mol. The Bertz CT molecular complexity index is 1700.